The average molecular weight is 305 g/mol. The molecule has 0 saturated heterocycles. The van der Waals surface area contributed by atoms with Crippen molar-refractivity contribution >= 4 is 11.9 Å². The number of ether oxygens (including phenoxy) is 1. The molecule has 0 aliphatic carbocycles. The molecule has 1 aromatic rings. The highest BCUT2D eigenvalue weighted by atomic mass is 19.4. The molecule has 0 fully saturated rings. The lowest BCUT2D eigenvalue weighted by atomic mass is 10.0. The van der Waals surface area contributed by atoms with Crippen molar-refractivity contribution in [1.82, 2.24) is 5.32 Å². The second kappa shape index (κ2) is 6.96. The SMILES string of the molecule is CCOc1ccc([C@H](CC(=O)O)NC(=O)C(F)(F)F)cc1. The third-order valence-corrected chi connectivity index (χ3v) is 2.54. The largest absolute Gasteiger partial charge is 0.494 e. The molecule has 2 N–H and O–H groups in total. The molecule has 0 bridgehead atoms. The van der Waals surface area contributed by atoms with Crippen molar-refractivity contribution in [3.05, 3.63) is 29.8 Å². The summed E-state index contributed by atoms with van der Waals surface area (Å²) in [6, 6.07) is 4.54. The molecule has 0 saturated carbocycles. The van der Waals surface area contributed by atoms with Crippen LogP contribution in [-0.4, -0.2) is 29.8 Å². The molecular weight excluding hydrogens is 291 g/mol. The summed E-state index contributed by atoms with van der Waals surface area (Å²) in [7, 11) is 0. The van der Waals surface area contributed by atoms with Crippen LogP contribution in [-0.2, 0) is 9.59 Å². The summed E-state index contributed by atoms with van der Waals surface area (Å²) < 4.78 is 41.9. The Bertz CT molecular complexity index is 499. The first-order valence-corrected chi connectivity index (χ1v) is 6.06. The van der Waals surface area contributed by atoms with Gasteiger partial charge in [-0.25, -0.2) is 0 Å². The number of carboxylic acids is 1. The van der Waals surface area contributed by atoms with Gasteiger partial charge in [0.05, 0.1) is 19.1 Å². The predicted octanol–water partition coefficient (Wildman–Crippen LogP) is 2.28. The zero-order valence-corrected chi connectivity index (χ0v) is 11.1. The third-order valence-electron chi connectivity index (χ3n) is 2.54. The Hall–Kier alpha value is -2.25. The topological polar surface area (TPSA) is 75.6 Å². The molecule has 8 heteroatoms. The maximum absolute atomic E-state index is 12.2. The summed E-state index contributed by atoms with van der Waals surface area (Å²) in [6.45, 7) is 2.19. The molecule has 0 aliphatic heterocycles. The van der Waals surface area contributed by atoms with Crippen molar-refractivity contribution in [3.63, 3.8) is 0 Å². The highest BCUT2D eigenvalue weighted by Crippen LogP contribution is 2.23. The van der Waals surface area contributed by atoms with E-state index in [0.29, 0.717) is 12.4 Å². The van der Waals surface area contributed by atoms with Crippen LogP contribution in [0.2, 0.25) is 0 Å². The van der Waals surface area contributed by atoms with Gasteiger partial charge in [-0.15, -0.1) is 0 Å². The van der Waals surface area contributed by atoms with E-state index >= 15 is 0 Å². The molecule has 0 aliphatic rings. The van der Waals surface area contributed by atoms with E-state index in [1.165, 1.54) is 24.3 Å². The molecule has 5 nitrogen and oxygen atoms in total. The highest BCUT2D eigenvalue weighted by Gasteiger charge is 2.40. The normalized spacial score (nSPS) is 12.6. The van der Waals surface area contributed by atoms with Crippen LogP contribution in [0, 0.1) is 0 Å². The van der Waals surface area contributed by atoms with Gasteiger partial charge in [-0.1, -0.05) is 12.1 Å². The number of hydrogen-bond donors (Lipinski definition) is 2. The van der Waals surface area contributed by atoms with Crippen LogP contribution >= 0.6 is 0 Å². The second-order valence-corrected chi connectivity index (χ2v) is 4.12. The van der Waals surface area contributed by atoms with Gasteiger partial charge in [-0.3, -0.25) is 9.59 Å². The van der Waals surface area contributed by atoms with Gasteiger partial charge in [0.2, 0.25) is 0 Å². The van der Waals surface area contributed by atoms with Crippen LogP contribution in [0.1, 0.15) is 24.9 Å². The number of halogens is 3. The smallest absolute Gasteiger partial charge is 0.471 e. The lowest BCUT2D eigenvalue weighted by molar-refractivity contribution is -0.174. The molecule has 1 atom stereocenters. The Kier molecular flexibility index (Phi) is 5.57. The van der Waals surface area contributed by atoms with E-state index in [0.717, 1.165) is 0 Å². The first kappa shape index (κ1) is 16.8. The van der Waals surface area contributed by atoms with Crippen molar-refractivity contribution < 1.29 is 32.6 Å². The summed E-state index contributed by atoms with van der Waals surface area (Å²) in [5.74, 6) is -3.00. The summed E-state index contributed by atoms with van der Waals surface area (Å²) in [6.07, 6.45) is -5.72. The summed E-state index contributed by atoms with van der Waals surface area (Å²) in [5, 5.41) is 10.4. The van der Waals surface area contributed by atoms with Crippen LogP contribution in [0.4, 0.5) is 13.2 Å². The van der Waals surface area contributed by atoms with Crippen molar-refractivity contribution in [1.29, 1.82) is 0 Å². The molecule has 116 valence electrons. The van der Waals surface area contributed by atoms with Gasteiger partial charge in [-0.2, -0.15) is 13.2 Å². The number of carbonyl (C=O) groups is 2. The zero-order chi connectivity index (χ0) is 16.0. The van der Waals surface area contributed by atoms with Gasteiger partial charge in [0.25, 0.3) is 0 Å². The number of aliphatic carboxylic acids is 1. The molecule has 1 rings (SSSR count). The monoisotopic (exact) mass is 305 g/mol. The van der Waals surface area contributed by atoms with E-state index in [1.54, 1.807) is 12.2 Å². The first-order chi connectivity index (χ1) is 9.74. The lowest BCUT2D eigenvalue weighted by Gasteiger charge is -2.18. The van der Waals surface area contributed by atoms with E-state index in [9.17, 15) is 22.8 Å². The van der Waals surface area contributed by atoms with Crippen molar-refractivity contribution in [2.45, 2.75) is 25.6 Å². The maximum Gasteiger partial charge on any atom is 0.471 e. The Morgan fingerprint density at radius 1 is 1.29 bits per heavy atom. The number of hydrogen-bond acceptors (Lipinski definition) is 3. The Morgan fingerprint density at radius 3 is 2.29 bits per heavy atom. The Labute approximate surface area is 118 Å². The molecule has 1 amide bonds. The average Bonchev–Trinajstić information content (AvgIpc) is 2.37. The minimum absolute atomic E-state index is 0.249. The van der Waals surface area contributed by atoms with Crippen molar-refractivity contribution in [3.8, 4) is 5.75 Å². The van der Waals surface area contributed by atoms with Gasteiger partial charge in [0.15, 0.2) is 0 Å². The van der Waals surface area contributed by atoms with E-state index < -0.39 is 30.5 Å². The molecule has 21 heavy (non-hydrogen) atoms. The fraction of sp³-hybridized carbons (Fsp3) is 0.385. The predicted molar refractivity (Wildman–Crippen MR) is 66.8 cm³/mol. The fourth-order valence-corrected chi connectivity index (χ4v) is 1.63. The quantitative estimate of drug-likeness (QED) is 0.845. The van der Waals surface area contributed by atoms with Gasteiger partial charge in [-0.05, 0) is 24.6 Å². The highest BCUT2D eigenvalue weighted by molar-refractivity contribution is 5.82. The van der Waals surface area contributed by atoms with Crippen molar-refractivity contribution in [2.24, 2.45) is 0 Å². The Balaban J connectivity index is 2.91. The number of rotatable bonds is 6. The van der Waals surface area contributed by atoms with Crippen LogP contribution in [0.25, 0.3) is 0 Å². The number of nitrogens with one attached hydrogen (secondary N) is 1. The summed E-state index contributed by atoms with van der Waals surface area (Å²) in [5.41, 5.74) is 0.249. The van der Waals surface area contributed by atoms with Crippen LogP contribution in [0.15, 0.2) is 24.3 Å². The molecule has 0 heterocycles. The maximum atomic E-state index is 12.2. The number of amides is 1. The number of benzene rings is 1. The van der Waals surface area contributed by atoms with Crippen LogP contribution in [0.5, 0.6) is 5.75 Å². The minimum Gasteiger partial charge on any atom is -0.494 e. The summed E-state index contributed by atoms with van der Waals surface area (Å²) in [4.78, 5) is 21.7. The number of alkyl halides is 3. The van der Waals surface area contributed by atoms with Gasteiger partial charge >= 0.3 is 18.1 Å². The third kappa shape index (κ3) is 5.33. The molecular formula is C13H14F3NO4. The van der Waals surface area contributed by atoms with Gasteiger partial charge in [0.1, 0.15) is 5.75 Å². The van der Waals surface area contributed by atoms with Gasteiger partial charge in [0, 0.05) is 0 Å². The van der Waals surface area contributed by atoms with E-state index in [1.807, 2.05) is 0 Å². The summed E-state index contributed by atoms with van der Waals surface area (Å²) >= 11 is 0. The minimum atomic E-state index is -5.07. The van der Waals surface area contributed by atoms with Crippen LogP contribution in [0.3, 0.4) is 0 Å². The van der Waals surface area contributed by atoms with E-state index in [2.05, 4.69) is 0 Å². The fourth-order valence-electron chi connectivity index (χ4n) is 1.63. The first-order valence-electron chi connectivity index (χ1n) is 6.06. The molecule has 0 radical (unpaired) electrons. The van der Waals surface area contributed by atoms with E-state index in [-0.39, 0.29) is 5.56 Å². The van der Waals surface area contributed by atoms with Crippen molar-refractivity contribution in [2.75, 3.05) is 6.61 Å². The lowest BCUT2D eigenvalue weighted by Crippen LogP contribution is -2.39. The van der Waals surface area contributed by atoms with Crippen LogP contribution < -0.4 is 10.1 Å². The molecule has 0 unspecified atom stereocenters. The number of carbonyl (C=O) groups excluding carboxylic acids is 1. The Morgan fingerprint density at radius 2 is 1.86 bits per heavy atom. The van der Waals surface area contributed by atoms with E-state index in [4.69, 9.17) is 9.84 Å². The second-order valence-electron chi connectivity index (χ2n) is 4.12. The molecule has 0 aromatic heterocycles. The molecule has 0 spiro atoms. The zero-order valence-electron chi connectivity index (χ0n) is 11.1. The standard InChI is InChI=1S/C13H14F3NO4/c1-2-21-9-5-3-8(4-6-9)10(7-11(18)19)17-12(20)13(14,15)16/h3-6,10H,2,7H2,1H3,(H,17,20)(H,18,19)/t10-/m0/s1. The molecule has 1 aromatic carbocycles. The van der Waals surface area contributed by atoms with Gasteiger partial charge < -0.3 is 15.2 Å². The number of carboxylic acid groups (broad SMARTS) is 1.